The van der Waals surface area contributed by atoms with Crippen molar-refractivity contribution in [3.8, 4) is 0 Å². The Kier molecular flexibility index (Phi) is 3.89. The predicted octanol–water partition coefficient (Wildman–Crippen LogP) is 1.02. The molecule has 2 rings (SSSR count). The van der Waals surface area contributed by atoms with Gasteiger partial charge in [0.15, 0.2) is 0 Å². The number of carbonyl (C=O) groups is 1. The Bertz CT molecular complexity index is 546. The SMILES string of the molecule is C[C@H]1CCN(C(=O)c2c(N)cccc2[N+](=O)[O-])C[C@@H]1O. The van der Waals surface area contributed by atoms with Crippen molar-refractivity contribution in [2.75, 3.05) is 18.8 Å². The lowest BCUT2D eigenvalue weighted by atomic mass is 9.95. The minimum absolute atomic E-state index is 0.0808. The van der Waals surface area contributed by atoms with Crippen LogP contribution in [-0.4, -0.2) is 40.0 Å². The zero-order valence-corrected chi connectivity index (χ0v) is 11.2. The topological polar surface area (TPSA) is 110 Å². The highest BCUT2D eigenvalue weighted by Gasteiger charge is 2.32. The molecule has 0 saturated carbocycles. The fraction of sp³-hybridized carbons (Fsp3) is 0.462. The quantitative estimate of drug-likeness (QED) is 0.477. The Labute approximate surface area is 116 Å². The van der Waals surface area contributed by atoms with Crippen LogP contribution in [0.5, 0.6) is 0 Å². The molecule has 2 atom stereocenters. The standard InChI is InChI=1S/C13H17N3O4/c1-8-5-6-15(7-11(8)17)13(18)12-9(14)3-2-4-10(12)16(19)20/h2-4,8,11,17H,5-7,14H2,1H3/t8-,11-/m0/s1. The second-order valence-corrected chi connectivity index (χ2v) is 5.08. The first-order valence-corrected chi connectivity index (χ1v) is 6.42. The van der Waals surface area contributed by atoms with Crippen molar-refractivity contribution in [1.82, 2.24) is 4.90 Å². The van der Waals surface area contributed by atoms with Gasteiger partial charge in [0.05, 0.1) is 16.7 Å². The number of carbonyl (C=O) groups excluding carboxylic acids is 1. The van der Waals surface area contributed by atoms with Gasteiger partial charge in [-0.1, -0.05) is 13.0 Å². The summed E-state index contributed by atoms with van der Waals surface area (Å²) in [7, 11) is 0. The third-order valence-corrected chi connectivity index (χ3v) is 3.69. The molecule has 0 unspecified atom stereocenters. The maximum absolute atomic E-state index is 12.4. The maximum atomic E-state index is 12.4. The Balaban J connectivity index is 2.32. The van der Waals surface area contributed by atoms with E-state index in [1.165, 1.54) is 23.1 Å². The van der Waals surface area contributed by atoms with Crippen molar-refractivity contribution >= 4 is 17.3 Å². The number of piperidine rings is 1. The van der Waals surface area contributed by atoms with Gasteiger partial charge in [-0.05, 0) is 18.4 Å². The molecule has 7 nitrogen and oxygen atoms in total. The lowest BCUT2D eigenvalue weighted by molar-refractivity contribution is -0.385. The van der Waals surface area contributed by atoms with E-state index in [0.29, 0.717) is 13.0 Å². The zero-order chi connectivity index (χ0) is 14.9. The van der Waals surface area contributed by atoms with Gasteiger partial charge in [0.1, 0.15) is 5.56 Å². The molecule has 1 fully saturated rings. The van der Waals surface area contributed by atoms with E-state index < -0.39 is 16.9 Å². The van der Waals surface area contributed by atoms with Crippen LogP contribution < -0.4 is 5.73 Å². The number of nitro benzene ring substituents is 1. The summed E-state index contributed by atoms with van der Waals surface area (Å²) in [6.07, 6.45) is 0.0460. The van der Waals surface area contributed by atoms with Crippen LogP contribution in [0.15, 0.2) is 18.2 Å². The number of β-amino-alcohol motifs (C(OH)–C–C–N with tert-alkyl or cyclic N) is 1. The summed E-state index contributed by atoms with van der Waals surface area (Å²) in [4.78, 5) is 24.2. The monoisotopic (exact) mass is 279 g/mol. The second-order valence-electron chi connectivity index (χ2n) is 5.08. The van der Waals surface area contributed by atoms with E-state index in [0.717, 1.165) is 0 Å². The highest BCUT2D eigenvalue weighted by Crippen LogP contribution is 2.27. The summed E-state index contributed by atoms with van der Waals surface area (Å²) < 4.78 is 0. The van der Waals surface area contributed by atoms with Gasteiger partial charge >= 0.3 is 0 Å². The molecule has 3 N–H and O–H groups in total. The van der Waals surface area contributed by atoms with Gasteiger partial charge in [0, 0.05) is 19.2 Å². The van der Waals surface area contributed by atoms with Crippen LogP contribution in [0.3, 0.4) is 0 Å². The van der Waals surface area contributed by atoms with E-state index in [9.17, 15) is 20.0 Å². The first-order chi connectivity index (χ1) is 9.41. The molecule has 20 heavy (non-hydrogen) atoms. The first kappa shape index (κ1) is 14.3. The van der Waals surface area contributed by atoms with Gasteiger partial charge in [-0.3, -0.25) is 14.9 Å². The number of likely N-dealkylation sites (tertiary alicyclic amines) is 1. The van der Waals surface area contributed by atoms with E-state index in [2.05, 4.69) is 0 Å². The number of rotatable bonds is 2. The summed E-state index contributed by atoms with van der Waals surface area (Å²) in [6.45, 7) is 2.54. The fourth-order valence-electron chi connectivity index (χ4n) is 2.33. The van der Waals surface area contributed by atoms with Gasteiger partial charge in [-0.25, -0.2) is 0 Å². The molecule has 1 saturated heterocycles. The van der Waals surface area contributed by atoms with E-state index in [1.54, 1.807) is 0 Å². The molecule has 1 aliphatic rings. The number of amides is 1. The molecule has 1 aromatic rings. The number of nitro groups is 1. The van der Waals surface area contributed by atoms with Crippen molar-refractivity contribution in [2.24, 2.45) is 5.92 Å². The Morgan fingerprint density at radius 1 is 1.55 bits per heavy atom. The van der Waals surface area contributed by atoms with Crippen molar-refractivity contribution < 1.29 is 14.8 Å². The summed E-state index contributed by atoms with van der Waals surface area (Å²) in [6, 6.07) is 4.16. The van der Waals surface area contributed by atoms with Crippen LogP contribution in [0.4, 0.5) is 11.4 Å². The van der Waals surface area contributed by atoms with Crippen LogP contribution >= 0.6 is 0 Å². The van der Waals surface area contributed by atoms with Gasteiger partial charge in [-0.15, -0.1) is 0 Å². The molecule has 0 aliphatic carbocycles. The highest BCUT2D eigenvalue weighted by molar-refractivity contribution is 6.03. The Hall–Kier alpha value is -2.15. The van der Waals surface area contributed by atoms with Crippen LogP contribution in [0.2, 0.25) is 0 Å². The van der Waals surface area contributed by atoms with Crippen molar-refractivity contribution in [3.63, 3.8) is 0 Å². The van der Waals surface area contributed by atoms with E-state index in [-0.39, 0.29) is 29.4 Å². The van der Waals surface area contributed by atoms with E-state index >= 15 is 0 Å². The van der Waals surface area contributed by atoms with Crippen LogP contribution in [0.25, 0.3) is 0 Å². The molecule has 108 valence electrons. The number of nitrogens with two attached hydrogens (primary N) is 1. The minimum atomic E-state index is -0.618. The lowest BCUT2D eigenvalue weighted by Crippen LogP contribution is -2.46. The molecule has 0 bridgehead atoms. The van der Waals surface area contributed by atoms with Gasteiger partial charge in [0.2, 0.25) is 0 Å². The zero-order valence-electron chi connectivity index (χ0n) is 11.2. The second kappa shape index (κ2) is 5.46. The molecule has 1 amide bonds. The number of nitrogens with zero attached hydrogens (tertiary/aromatic N) is 2. The highest BCUT2D eigenvalue weighted by atomic mass is 16.6. The Morgan fingerprint density at radius 3 is 2.85 bits per heavy atom. The first-order valence-electron chi connectivity index (χ1n) is 6.42. The van der Waals surface area contributed by atoms with E-state index in [4.69, 9.17) is 5.73 Å². The minimum Gasteiger partial charge on any atom is -0.398 e. The van der Waals surface area contributed by atoms with Crippen molar-refractivity contribution in [3.05, 3.63) is 33.9 Å². The molecule has 0 spiro atoms. The lowest BCUT2D eigenvalue weighted by Gasteiger charge is -2.34. The van der Waals surface area contributed by atoms with Crippen molar-refractivity contribution in [1.29, 1.82) is 0 Å². The van der Waals surface area contributed by atoms with E-state index in [1.807, 2.05) is 6.92 Å². The summed E-state index contributed by atoms with van der Waals surface area (Å²) in [5.41, 5.74) is 5.39. The number of nitrogen functional groups attached to an aromatic ring is 1. The number of hydrogen-bond donors (Lipinski definition) is 2. The van der Waals surface area contributed by atoms with Crippen LogP contribution in [-0.2, 0) is 0 Å². The normalized spacial score (nSPS) is 22.6. The number of aliphatic hydroxyl groups excluding tert-OH is 1. The number of hydrogen-bond acceptors (Lipinski definition) is 5. The molecule has 0 aromatic heterocycles. The van der Waals surface area contributed by atoms with Crippen LogP contribution in [0, 0.1) is 16.0 Å². The molecule has 1 heterocycles. The molecular weight excluding hydrogens is 262 g/mol. The van der Waals surface area contributed by atoms with Crippen molar-refractivity contribution in [2.45, 2.75) is 19.4 Å². The summed E-state index contributed by atoms with van der Waals surface area (Å²) >= 11 is 0. The number of aliphatic hydroxyl groups is 1. The largest absolute Gasteiger partial charge is 0.398 e. The van der Waals surface area contributed by atoms with Gasteiger partial charge in [-0.2, -0.15) is 0 Å². The number of anilines is 1. The molecule has 7 heteroatoms. The summed E-state index contributed by atoms with van der Waals surface area (Å²) in [5.74, 6) is -0.386. The van der Waals surface area contributed by atoms with Gasteiger partial charge < -0.3 is 15.7 Å². The smallest absolute Gasteiger partial charge is 0.284 e. The molecular formula is C13H17N3O4. The fourth-order valence-corrected chi connectivity index (χ4v) is 2.33. The Morgan fingerprint density at radius 2 is 2.25 bits per heavy atom. The van der Waals surface area contributed by atoms with Gasteiger partial charge in [0.25, 0.3) is 11.6 Å². The third kappa shape index (κ3) is 2.57. The third-order valence-electron chi connectivity index (χ3n) is 3.69. The number of benzene rings is 1. The molecule has 0 radical (unpaired) electrons. The summed E-state index contributed by atoms with van der Waals surface area (Å²) in [5, 5.41) is 20.8. The predicted molar refractivity (Wildman–Crippen MR) is 73.2 cm³/mol. The average molecular weight is 279 g/mol. The molecule has 1 aromatic carbocycles. The van der Waals surface area contributed by atoms with Crippen LogP contribution in [0.1, 0.15) is 23.7 Å². The molecule has 1 aliphatic heterocycles. The average Bonchev–Trinajstić information content (AvgIpc) is 2.40. The maximum Gasteiger partial charge on any atom is 0.284 e.